The molecule has 1 saturated heterocycles. The Labute approximate surface area is 208 Å². The Kier molecular flexibility index (Phi) is 7.91. The van der Waals surface area contributed by atoms with Crippen molar-refractivity contribution in [3.05, 3.63) is 48.5 Å². The zero-order valence-electron chi connectivity index (χ0n) is 20.1. The number of methoxy groups -OCH3 is 1. The third-order valence-electron chi connectivity index (χ3n) is 5.67. The Morgan fingerprint density at radius 1 is 1.03 bits per heavy atom. The van der Waals surface area contributed by atoms with Crippen molar-refractivity contribution in [1.82, 2.24) is 15.1 Å². The second-order valence-electron chi connectivity index (χ2n) is 8.45. The van der Waals surface area contributed by atoms with E-state index in [9.17, 15) is 9.59 Å². The summed E-state index contributed by atoms with van der Waals surface area (Å²) in [6.07, 6.45) is 0. The third kappa shape index (κ3) is 6.33. The number of anilines is 2. The highest BCUT2D eigenvalue weighted by Crippen LogP contribution is 2.25. The predicted octanol–water partition coefficient (Wildman–Crippen LogP) is 3.78. The van der Waals surface area contributed by atoms with Crippen molar-refractivity contribution in [2.24, 2.45) is 5.92 Å². The Hall–Kier alpha value is -3.53. The first-order valence-corrected chi connectivity index (χ1v) is 12.5. The number of rotatable bonds is 8. The summed E-state index contributed by atoms with van der Waals surface area (Å²) in [6.45, 7) is 6.91. The molecule has 0 aliphatic carbocycles. The average Bonchev–Trinajstić information content (AvgIpc) is 3.37. The fourth-order valence-electron chi connectivity index (χ4n) is 3.75. The largest absolute Gasteiger partial charge is 0.497 e. The molecule has 1 aliphatic rings. The van der Waals surface area contributed by atoms with Crippen molar-refractivity contribution in [1.29, 1.82) is 0 Å². The molecule has 184 valence electrons. The van der Waals surface area contributed by atoms with E-state index in [4.69, 9.17) is 9.15 Å². The number of benzene rings is 2. The highest BCUT2D eigenvalue weighted by atomic mass is 32.2. The van der Waals surface area contributed by atoms with Gasteiger partial charge in [0.15, 0.2) is 0 Å². The molecule has 1 N–H and O–H groups in total. The average molecular weight is 496 g/mol. The highest BCUT2D eigenvalue weighted by molar-refractivity contribution is 7.99. The molecule has 0 unspecified atom stereocenters. The number of aromatic nitrogens is 2. The van der Waals surface area contributed by atoms with Crippen LogP contribution in [0, 0.1) is 5.92 Å². The van der Waals surface area contributed by atoms with Crippen LogP contribution in [0.5, 0.6) is 5.75 Å². The van der Waals surface area contributed by atoms with Gasteiger partial charge in [0.1, 0.15) is 5.75 Å². The fraction of sp³-hybridized carbons (Fsp3) is 0.360. The van der Waals surface area contributed by atoms with Crippen LogP contribution in [0.25, 0.3) is 11.5 Å². The summed E-state index contributed by atoms with van der Waals surface area (Å²) in [5.74, 6) is 1.36. The first kappa shape index (κ1) is 24.6. The van der Waals surface area contributed by atoms with Gasteiger partial charge in [-0.25, -0.2) is 0 Å². The Balaban J connectivity index is 1.24. The molecule has 10 heteroatoms. The lowest BCUT2D eigenvalue weighted by Gasteiger charge is -2.37. The van der Waals surface area contributed by atoms with Crippen LogP contribution in [0.2, 0.25) is 0 Å². The van der Waals surface area contributed by atoms with Gasteiger partial charge < -0.3 is 24.3 Å². The van der Waals surface area contributed by atoms with Crippen LogP contribution < -0.4 is 15.0 Å². The van der Waals surface area contributed by atoms with E-state index in [2.05, 4.69) is 20.4 Å². The van der Waals surface area contributed by atoms with E-state index >= 15 is 0 Å². The summed E-state index contributed by atoms with van der Waals surface area (Å²) in [5, 5.41) is 11.3. The molecule has 35 heavy (non-hydrogen) atoms. The molecule has 0 bridgehead atoms. The van der Waals surface area contributed by atoms with Gasteiger partial charge in [0.25, 0.3) is 5.22 Å². The first-order valence-electron chi connectivity index (χ1n) is 11.5. The number of carbonyl (C=O) groups is 2. The lowest BCUT2D eigenvalue weighted by atomic mass is 10.1. The summed E-state index contributed by atoms with van der Waals surface area (Å²) < 4.78 is 10.8. The summed E-state index contributed by atoms with van der Waals surface area (Å²) in [6, 6.07) is 15.1. The number of carbonyl (C=O) groups excluding carboxylic acids is 2. The van der Waals surface area contributed by atoms with E-state index in [0.717, 1.165) is 48.9 Å². The number of thioether (sulfide) groups is 1. The lowest BCUT2D eigenvalue weighted by molar-refractivity contribution is -0.134. The third-order valence-corrected chi connectivity index (χ3v) is 6.49. The van der Waals surface area contributed by atoms with E-state index in [1.165, 1.54) is 11.8 Å². The van der Waals surface area contributed by atoms with Crippen molar-refractivity contribution >= 4 is 35.0 Å². The minimum Gasteiger partial charge on any atom is -0.497 e. The molecule has 0 saturated carbocycles. The summed E-state index contributed by atoms with van der Waals surface area (Å²) in [5.41, 5.74) is 2.57. The van der Waals surface area contributed by atoms with E-state index in [1.807, 2.05) is 67.3 Å². The predicted molar refractivity (Wildman–Crippen MR) is 136 cm³/mol. The van der Waals surface area contributed by atoms with Crippen LogP contribution in [-0.2, 0) is 9.59 Å². The number of amides is 2. The number of ether oxygens (including phenoxy) is 1. The first-order chi connectivity index (χ1) is 16.9. The van der Waals surface area contributed by atoms with E-state index < -0.39 is 0 Å². The van der Waals surface area contributed by atoms with Gasteiger partial charge in [-0.2, -0.15) is 0 Å². The molecule has 2 heterocycles. The molecule has 1 aromatic heterocycles. The van der Waals surface area contributed by atoms with Crippen molar-refractivity contribution in [3.8, 4) is 17.2 Å². The topological polar surface area (TPSA) is 101 Å². The molecule has 2 amide bonds. The number of hydrogen-bond acceptors (Lipinski definition) is 8. The molecule has 0 atom stereocenters. The Morgan fingerprint density at radius 2 is 1.71 bits per heavy atom. The van der Waals surface area contributed by atoms with E-state index in [0.29, 0.717) is 11.1 Å². The van der Waals surface area contributed by atoms with Crippen LogP contribution in [0.4, 0.5) is 11.4 Å². The van der Waals surface area contributed by atoms with E-state index in [1.54, 1.807) is 7.11 Å². The molecule has 0 spiro atoms. The van der Waals surface area contributed by atoms with Crippen LogP contribution in [0.3, 0.4) is 0 Å². The standard InChI is InChI=1S/C25H29N5O4S/c1-17(2)24(32)30-14-12-29(13-15-30)20-8-6-19(7-9-20)26-22(31)16-35-25-28-27-23(34-25)18-4-10-21(33-3)11-5-18/h4-11,17H,12-16H2,1-3H3,(H,26,31). The normalized spacial score (nSPS) is 13.7. The van der Waals surface area contributed by atoms with Gasteiger partial charge in [-0.1, -0.05) is 25.6 Å². The highest BCUT2D eigenvalue weighted by Gasteiger charge is 2.23. The van der Waals surface area contributed by atoms with Gasteiger partial charge in [-0.05, 0) is 48.5 Å². The molecule has 3 aromatic rings. The molecular formula is C25H29N5O4S. The van der Waals surface area contributed by atoms with Gasteiger partial charge >= 0.3 is 0 Å². The molecule has 4 rings (SSSR count). The van der Waals surface area contributed by atoms with Gasteiger partial charge in [0.2, 0.25) is 17.7 Å². The van der Waals surface area contributed by atoms with Gasteiger partial charge in [-0.3, -0.25) is 9.59 Å². The second kappa shape index (κ2) is 11.3. The number of nitrogens with one attached hydrogen (secondary N) is 1. The van der Waals surface area contributed by atoms with Crippen molar-refractivity contribution in [2.45, 2.75) is 19.1 Å². The number of nitrogens with zero attached hydrogens (tertiary/aromatic N) is 4. The van der Waals surface area contributed by atoms with Gasteiger partial charge in [-0.15, -0.1) is 10.2 Å². The smallest absolute Gasteiger partial charge is 0.277 e. The van der Waals surface area contributed by atoms with Gasteiger partial charge in [0.05, 0.1) is 12.9 Å². The Morgan fingerprint density at radius 3 is 2.34 bits per heavy atom. The fourth-order valence-corrected chi connectivity index (χ4v) is 4.31. The van der Waals surface area contributed by atoms with Crippen molar-refractivity contribution in [2.75, 3.05) is 49.3 Å². The van der Waals surface area contributed by atoms with Crippen LogP contribution in [0.1, 0.15) is 13.8 Å². The molecule has 2 aromatic carbocycles. The van der Waals surface area contributed by atoms with Crippen LogP contribution in [-0.4, -0.2) is 66.0 Å². The molecule has 0 radical (unpaired) electrons. The quantitative estimate of drug-likeness (QED) is 0.471. The maximum atomic E-state index is 12.4. The van der Waals surface area contributed by atoms with Gasteiger partial charge in [0, 0.05) is 49.0 Å². The molecule has 9 nitrogen and oxygen atoms in total. The maximum absolute atomic E-state index is 12.4. The molecule has 1 aliphatic heterocycles. The zero-order chi connectivity index (χ0) is 24.8. The summed E-state index contributed by atoms with van der Waals surface area (Å²) >= 11 is 1.18. The Bertz CT molecular complexity index is 1140. The van der Waals surface area contributed by atoms with Crippen molar-refractivity contribution < 1.29 is 18.7 Å². The van der Waals surface area contributed by atoms with E-state index in [-0.39, 0.29) is 23.5 Å². The van der Waals surface area contributed by atoms with Crippen molar-refractivity contribution in [3.63, 3.8) is 0 Å². The zero-order valence-corrected chi connectivity index (χ0v) is 20.9. The minimum atomic E-state index is -0.159. The van der Waals surface area contributed by atoms with Crippen LogP contribution in [0.15, 0.2) is 58.2 Å². The summed E-state index contributed by atoms with van der Waals surface area (Å²) in [4.78, 5) is 28.7. The number of piperazine rings is 1. The lowest BCUT2D eigenvalue weighted by Crippen LogP contribution is -2.49. The van der Waals surface area contributed by atoms with Crippen LogP contribution >= 0.6 is 11.8 Å². The summed E-state index contributed by atoms with van der Waals surface area (Å²) in [7, 11) is 1.61. The molecular weight excluding hydrogens is 466 g/mol. The molecule has 1 fully saturated rings. The SMILES string of the molecule is COc1ccc(-c2nnc(SCC(=O)Nc3ccc(N4CCN(C(=O)C(C)C)CC4)cc3)o2)cc1. The maximum Gasteiger partial charge on any atom is 0.277 e. The minimum absolute atomic E-state index is 0.0259. The number of hydrogen-bond donors (Lipinski definition) is 1. The second-order valence-corrected chi connectivity index (χ2v) is 9.38. The monoisotopic (exact) mass is 495 g/mol.